The van der Waals surface area contributed by atoms with E-state index >= 15 is 0 Å². The predicted octanol–water partition coefficient (Wildman–Crippen LogP) is 1.05. The van der Waals surface area contributed by atoms with Gasteiger partial charge in [0.25, 0.3) is 0 Å². The molecule has 0 amide bonds. The van der Waals surface area contributed by atoms with E-state index in [2.05, 4.69) is 12.2 Å². The minimum Gasteiger partial charge on any atom is -0.396 e. The highest BCUT2D eigenvalue weighted by molar-refractivity contribution is 5.15. The number of allylic oxidation sites excluding steroid dienone is 2. The Hall–Kier alpha value is -0.340. The van der Waals surface area contributed by atoms with E-state index in [-0.39, 0.29) is 13.2 Å². The van der Waals surface area contributed by atoms with Gasteiger partial charge in [0.2, 0.25) is 0 Å². The van der Waals surface area contributed by atoms with Crippen LogP contribution in [0.4, 0.5) is 0 Å². The van der Waals surface area contributed by atoms with Gasteiger partial charge >= 0.3 is 0 Å². The summed E-state index contributed by atoms with van der Waals surface area (Å²) in [4.78, 5) is 0. The average Bonchev–Trinajstić information content (AvgIpc) is 2.86. The molecule has 0 aromatic rings. The van der Waals surface area contributed by atoms with Crippen LogP contribution in [0.1, 0.15) is 12.8 Å². The summed E-state index contributed by atoms with van der Waals surface area (Å²) in [7, 11) is 0. The summed E-state index contributed by atoms with van der Waals surface area (Å²) in [6.45, 7) is 0.541. The van der Waals surface area contributed by atoms with Gasteiger partial charge in [-0.05, 0) is 48.3 Å². The minimum atomic E-state index is 0.267. The predicted molar refractivity (Wildman–Crippen MR) is 53.5 cm³/mol. The van der Waals surface area contributed by atoms with E-state index in [4.69, 9.17) is 0 Å². The zero-order valence-corrected chi connectivity index (χ0v) is 8.34. The van der Waals surface area contributed by atoms with Gasteiger partial charge in [-0.3, -0.25) is 0 Å². The van der Waals surface area contributed by atoms with E-state index in [1.807, 2.05) is 0 Å². The number of hydrogen-bond donors (Lipinski definition) is 2. The van der Waals surface area contributed by atoms with Gasteiger partial charge in [0.05, 0.1) is 0 Å². The number of fused-ring (bicyclic) bond motifs is 5. The fourth-order valence-corrected chi connectivity index (χ4v) is 4.39. The van der Waals surface area contributed by atoms with Gasteiger partial charge < -0.3 is 10.2 Å². The molecule has 0 spiro atoms. The van der Waals surface area contributed by atoms with E-state index in [1.165, 1.54) is 12.8 Å². The topological polar surface area (TPSA) is 40.5 Å². The zero-order chi connectivity index (χ0) is 9.71. The summed E-state index contributed by atoms with van der Waals surface area (Å²) in [5.41, 5.74) is 0. The lowest BCUT2D eigenvalue weighted by Crippen LogP contribution is -2.36. The summed E-state index contributed by atoms with van der Waals surface area (Å²) in [6, 6.07) is 0. The maximum absolute atomic E-state index is 9.38. The van der Waals surface area contributed by atoms with Crippen molar-refractivity contribution in [1.29, 1.82) is 0 Å². The fraction of sp³-hybridized carbons (Fsp3) is 0.833. The molecule has 3 aliphatic carbocycles. The molecule has 0 aromatic heterocycles. The third-order valence-electron chi connectivity index (χ3n) is 4.92. The van der Waals surface area contributed by atoms with Crippen LogP contribution in [0.25, 0.3) is 0 Å². The summed E-state index contributed by atoms with van der Waals surface area (Å²) in [5.74, 6) is 3.60. The second-order valence-corrected chi connectivity index (χ2v) is 5.16. The molecule has 6 unspecified atom stereocenters. The first-order chi connectivity index (χ1) is 6.86. The van der Waals surface area contributed by atoms with Crippen molar-refractivity contribution in [3.05, 3.63) is 12.2 Å². The second kappa shape index (κ2) is 3.07. The van der Waals surface area contributed by atoms with Crippen molar-refractivity contribution in [3.8, 4) is 0 Å². The maximum atomic E-state index is 9.38. The van der Waals surface area contributed by atoms with Crippen LogP contribution in [0.3, 0.4) is 0 Å². The molecule has 2 fully saturated rings. The summed E-state index contributed by atoms with van der Waals surface area (Å²) >= 11 is 0. The van der Waals surface area contributed by atoms with Crippen molar-refractivity contribution in [2.45, 2.75) is 12.8 Å². The van der Waals surface area contributed by atoms with Gasteiger partial charge in [-0.25, -0.2) is 0 Å². The average molecular weight is 194 g/mol. The van der Waals surface area contributed by atoms with Crippen molar-refractivity contribution in [2.24, 2.45) is 35.5 Å². The molecule has 3 aliphatic rings. The van der Waals surface area contributed by atoms with Gasteiger partial charge in [0.15, 0.2) is 0 Å². The molecular weight excluding hydrogens is 176 g/mol. The first-order valence-corrected chi connectivity index (χ1v) is 5.75. The molecule has 2 nitrogen and oxygen atoms in total. The molecular formula is C12H18O2. The van der Waals surface area contributed by atoms with Crippen LogP contribution in [0.15, 0.2) is 12.2 Å². The largest absolute Gasteiger partial charge is 0.396 e. The summed E-state index contributed by atoms with van der Waals surface area (Å²) in [5, 5.41) is 18.8. The normalized spacial score (nSPS) is 54.1. The molecule has 78 valence electrons. The van der Waals surface area contributed by atoms with E-state index in [0.717, 1.165) is 11.8 Å². The molecule has 2 N–H and O–H groups in total. The van der Waals surface area contributed by atoms with Crippen LogP contribution >= 0.6 is 0 Å². The third kappa shape index (κ3) is 0.934. The Morgan fingerprint density at radius 2 is 1.71 bits per heavy atom. The lowest BCUT2D eigenvalue weighted by atomic mass is 9.70. The lowest BCUT2D eigenvalue weighted by Gasteiger charge is -2.36. The van der Waals surface area contributed by atoms with Crippen LogP contribution in [0, 0.1) is 35.5 Å². The molecule has 6 atom stereocenters. The molecule has 0 aliphatic heterocycles. The van der Waals surface area contributed by atoms with Gasteiger partial charge in [-0.1, -0.05) is 12.2 Å². The Balaban J connectivity index is 1.88. The van der Waals surface area contributed by atoms with E-state index in [9.17, 15) is 10.2 Å². The highest BCUT2D eigenvalue weighted by Gasteiger charge is 2.56. The number of rotatable bonds is 2. The van der Waals surface area contributed by atoms with Crippen LogP contribution in [0.5, 0.6) is 0 Å². The number of hydrogen-bond acceptors (Lipinski definition) is 2. The fourth-order valence-electron chi connectivity index (χ4n) is 4.39. The maximum Gasteiger partial charge on any atom is 0.0465 e. The SMILES string of the molecule is OCC1C2CC(C3CC=CC23)C1CO. The smallest absolute Gasteiger partial charge is 0.0465 e. The highest BCUT2D eigenvalue weighted by atomic mass is 16.3. The number of aliphatic hydroxyl groups is 2. The van der Waals surface area contributed by atoms with E-state index in [1.54, 1.807) is 0 Å². The van der Waals surface area contributed by atoms with Gasteiger partial charge in [-0.15, -0.1) is 0 Å². The highest BCUT2D eigenvalue weighted by Crippen LogP contribution is 2.61. The quantitative estimate of drug-likeness (QED) is 0.645. The van der Waals surface area contributed by atoms with Crippen molar-refractivity contribution in [2.75, 3.05) is 13.2 Å². The van der Waals surface area contributed by atoms with Crippen molar-refractivity contribution in [1.82, 2.24) is 0 Å². The number of aliphatic hydroxyl groups excluding tert-OH is 2. The Bertz CT molecular complexity index is 261. The van der Waals surface area contributed by atoms with Crippen LogP contribution < -0.4 is 0 Å². The van der Waals surface area contributed by atoms with Crippen molar-refractivity contribution in [3.63, 3.8) is 0 Å². The molecule has 0 radical (unpaired) electrons. The lowest BCUT2D eigenvalue weighted by molar-refractivity contribution is 0.0401. The first-order valence-electron chi connectivity index (χ1n) is 5.75. The molecule has 2 saturated carbocycles. The second-order valence-electron chi connectivity index (χ2n) is 5.16. The van der Waals surface area contributed by atoms with E-state index in [0.29, 0.717) is 23.7 Å². The molecule has 2 bridgehead atoms. The molecule has 2 heteroatoms. The van der Waals surface area contributed by atoms with Gasteiger partial charge in [-0.2, -0.15) is 0 Å². The molecule has 0 aromatic carbocycles. The Labute approximate surface area is 84.6 Å². The Morgan fingerprint density at radius 3 is 2.43 bits per heavy atom. The Kier molecular flexibility index (Phi) is 1.96. The molecule has 0 saturated heterocycles. The first kappa shape index (κ1) is 8.93. The van der Waals surface area contributed by atoms with Crippen LogP contribution in [0.2, 0.25) is 0 Å². The molecule has 0 heterocycles. The van der Waals surface area contributed by atoms with E-state index < -0.39 is 0 Å². The Morgan fingerprint density at radius 1 is 1.00 bits per heavy atom. The molecule has 3 rings (SSSR count). The molecule has 14 heavy (non-hydrogen) atoms. The summed E-state index contributed by atoms with van der Waals surface area (Å²) in [6.07, 6.45) is 7.10. The van der Waals surface area contributed by atoms with Crippen LogP contribution in [-0.2, 0) is 0 Å². The van der Waals surface area contributed by atoms with Gasteiger partial charge in [0, 0.05) is 13.2 Å². The van der Waals surface area contributed by atoms with Crippen LogP contribution in [-0.4, -0.2) is 23.4 Å². The standard InChI is InChI=1S/C12H18O2/c13-5-11-9-4-10(12(11)6-14)8-3-1-2-7(8)9/h1-2,7-14H,3-6H2. The van der Waals surface area contributed by atoms with Gasteiger partial charge in [0.1, 0.15) is 0 Å². The third-order valence-corrected chi connectivity index (χ3v) is 4.92. The minimum absolute atomic E-state index is 0.267. The zero-order valence-electron chi connectivity index (χ0n) is 8.34. The van der Waals surface area contributed by atoms with Crippen molar-refractivity contribution >= 4 is 0 Å². The van der Waals surface area contributed by atoms with Crippen molar-refractivity contribution < 1.29 is 10.2 Å². The summed E-state index contributed by atoms with van der Waals surface area (Å²) < 4.78 is 0. The monoisotopic (exact) mass is 194 g/mol.